The molecule has 0 saturated heterocycles. The normalized spacial score (nSPS) is 11.6. The average Bonchev–Trinajstić information content (AvgIpc) is 1.57. The third kappa shape index (κ3) is 11.9. The number of rotatable bonds is 8. The lowest BCUT2D eigenvalue weighted by atomic mass is 9.94. The lowest BCUT2D eigenvalue weighted by molar-refractivity contribution is 0.619. The Bertz CT molecular complexity index is 7950. The van der Waals surface area contributed by atoms with Crippen molar-refractivity contribution in [1.82, 2.24) is 19.9 Å². The zero-order valence-corrected chi connectivity index (χ0v) is 61.9. The molecule has 12 heteroatoms. The summed E-state index contributed by atoms with van der Waals surface area (Å²) in [4.78, 5) is 18.6. The van der Waals surface area contributed by atoms with Gasteiger partial charge in [0.15, 0.2) is 22.3 Å². The predicted octanol–water partition coefficient (Wildman–Crippen LogP) is 29.4. The van der Waals surface area contributed by atoms with Crippen LogP contribution in [0.25, 0.3) is 233 Å². The summed E-state index contributed by atoms with van der Waals surface area (Å²) in [6.45, 7) is 0. The zero-order chi connectivity index (χ0) is 76.6. The number of aromatic nitrogens is 4. The highest BCUT2D eigenvalue weighted by Crippen LogP contribution is 2.45. The van der Waals surface area contributed by atoms with E-state index in [1.807, 2.05) is 206 Å². The van der Waals surface area contributed by atoms with Crippen molar-refractivity contribution in [1.29, 1.82) is 0 Å². The van der Waals surface area contributed by atoms with Crippen molar-refractivity contribution >= 4 is 143 Å². The van der Waals surface area contributed by atoms with E-state index in [2.05, 4.69) is 180 Å². The minimum Gasteiger partial charge on any atom is -0.455 e. The SMILES string of the molecule is c1cc(-c2nc3ccccc3o2)cc(-c2cccc3c2oc2ccccc23)c1.c1ccc(-c2cccc3c2oc2ccccc23)c(-c2nc3ccccc3o2)c1.c1ccc2oc(-c3ccc(-c4cccc5c4oc4ccccc45)cc3)nc2c1.c1ccc2oc(-c3cccc4c(-c5cccc6c5oc5ccccc56)cccc34)nc2c1. The fourth-order valence-corrected chi connectivity index (χ4v) is 16.1. The van der Waals surface area contributed by atoms with Crippen molar-refractivity contribution in [3.8, 4) is 90.3 Å². The van der Waals surface area contributed by atoms with E-state index in [1.165, 1.54) is 0 Å². The molecule has 0 bridgehead atoms. The van der Waals surface area contributed by atoms with Crippen LogP contribution in [0.5, 0.6) is 0 Å². The molecule has 8 heterocycles. The van der Waals surface area contributed by atoms with E-state index in [0.717, 1.165) is 210 Å². The zero-order valence-electron chi connectivity index (χ0n) is 61.9. The molecule has 0 N–H and O–H groups in total. The first kappa shape index (κ1) is 67.0. The van der Waals surface area contributed by atoms with Crippen LogP contribution in [-0.2, 0) is 0 Å². The smallest absolute Gasteiger partial charge is 0.227 e. The van der Waals surface area contributed by atoms with E-state index >= 15 is 0 Å². The van der Waals surface area contributed by atoms with Crippen LogP contribution in [0.4, 0.5) is 0 Å². The van der Waals surface area contributed by atoms with Crippen LogP contribution in [-0.4, -0.2) is 19.9 Å². The standard InChI is InChI=1S/C29H17NO2.3C25H15NO2/c1-3-16-26-21(8-1)23-13-7-12-22(28(23)31-26)19-10-5-11-20-18(19)9-6-14-24(20)29-30-25-15-2-4-17-27(25)32-29;1-3-13-22-19(9-1)20-11-6-10-18(24(20)27-22)16-7-5-8-17(15-16)25-26-21-12-2-4-14-23(21)28-25;1-3-10-22-19(6-1)20-8-5-7-18(24(20)27-22)16-12-14-17(15-13-16)25-26-21-9-2-4-11-23(21)28-25;1-2-10-20(25-26-21-13-4-6-15-23(21)28-25)16(8-1)18-11-7-12-19-17-9-3-5-14-22(17)27-24(18)19/h1-17H;3*1-15H. The molecule has 12 nitrogen and oxygen atoms in total. The first-order chi connectivity index (χ1) is 57.5. The van der Waals surface area contributed by atoms with Gasteiger partial charge >= 0.3 is 0 Å². The molecule has 0 amide bonds. The maximum atomic E-state index is 6.31. The largest absolute Gasteiger partial charge is 0.455 e. The highest BCUT2D eigenvalue weighted by atomic mass is 16.4. The molecule has 0 fully saturated rings. The van der Waals surface area contributed by atoms with Gasteiger partial charge in [0.25, 0.3) is 0 Å². The van der Waals surface area contributed by atoms with Crippen molar-refractivity contribution in [3.05, 3.63) is 376 Å². The summed E-state index contributed by atoms with van der Waals surface area (Å²) in [5.41, 5.74) is 26.3. The number of oxazole rings is 4. The maximum absolute atomic E-state index is 6.31. The van der Waals surface area contributed by atoms with Crippen molar-refractivity contribution in [3.63, 3.8) is 0 Å². The Morgan fingerprint density at radius 1 is 0.138 bits per heavy atom. The second kappa shape index (κ2) is 28.1. The Morgan fingerprint density at radius 3 is 0.853 bits per heavy atom. The van der Waals surface area contributed by atoms with Crippen LogP contribution >= 0.6 is 0 Å². The summed E-state index contributed by atoms with van der Waals surface area (Å²) >= 11 is 0. The minimum absolute atomic E-state index is 0.616. The lowest BCUT2D eigenvalue weighted by Crippen LogP contribution is -1.86. The van der Waals surface area contributed by atoms with Gasteiger partial charge in [-0.15, -0.1) is 0 Å². The van der Waals surface area contributed by atoms with E-state index in [-0.39, 0.29) is 0 Å². The van der Waals surface area contributed by atoms with Gasteiger partial charge < -0.3 is 35.3 Å². The Morgan fingerprint density at radius 2 is 0.405 bits per heavy atom. The lowest BCUT2D eigenvalue weighted by Gasteiger charge is -2.10. The molecule has 0 aliphatic carbocycles. The predicted molar refractivity (Wildman–Crippen MR) is 466 cm³/mol. The number of para-hydroxylation sites is 16. The quantitative estimate of drug-likeness (QED) is 0.142. The summed E-state index contributed by atoms with van der Waals surface area (Å²) in [5, 5.41) is 11.3. The summed E-state index contributed by atoms with van der Waals surface area (Å²) in [7, 11) is 0. The molecule has 0 atom stereocenters. The molecule has 25 rings (SSSR count). The van der Waals surface area contributed by atoms with Crippen LogP contribution in [0.3, 0.4) is 0 Å². The van der Waals surface area contributed by atoms with Crippen molar-refractivity contribution in [2.24, 2.45) is 0 Å². The molecular weight excluding hydrogens is 1430 g/mol. The van der Waals surface area contributed by atoms with Crippen molar-refractivity contribution in [2.45, 2.75) is 0 Å². The summed E-state index contributed by atoms with van der Waals surface area (Å²) in [5.74, 6) is 2.51. The van der Waals surface area contributed by atoms with Crippen LogP contribution in [0, 0.1) is 0 Å². The van der Waals surface area contributed by atoms with Crippen molar-refractivity contribution in [2.75, 3.05) is 0 Å². The molecule has 0 aliphatic rings. The number of fused-ring (bicyclic) bond motifs is 17. The van der Waals surface area contributed by atoms with E-state index in [0.29, 0.717) is 23.6 Å². The average molecular weight is 1500 g/mol. The third-order valence-electron chi connectivity index (χ3n) is 21.5. The van der Waals surface area contributed by atoms with Gasteiger partial charge in [-0.25, -0.2) is 19.9 Å². The van der Waals surface area contributed by atoms with Gasteiger partial charge in [-0.3, -0.25) is 0 Å². The highest BCUT2D eigenvalue weighted by molar-refractivity contribution is 6.15. The van der Waals surface area contributed by atoms with Crippen LogP contribution in [0.15, 0.2) is 411 Å². The van der Waals surface area contributed by atoms with Gasteiger partial charge in [-0.2, -0.15) is 0 Å². The highest BCUT2D eigenvalue weighted by Gasteiger charge is 2.22. The topological polar surface area (TPSA) is 157 Å². The number of furan rings is 4. The van der Waals surface area contributed by atoms with Crippen LogP contribution in [0.2, 0.25) is 0 Å². The minimum atomic E-state index is 0.616. The summed E-state index contributed by atoms with van der Waals surface area (Å²) in [6, 6.07) is 126. The Kier molecular flexibility index (Phi) is 16.2. The maximum Gasteiger partial charge on any atom is 0.227 e. The molecule has 0 unspecified atom stereocenters. The fourth-order valence-electron chi connectivity index (χ4n) is 16.1. The summed E-state index contributed by atoms with van der Waals surface area (Å²) in [6.07, 6.45) is 0. The van der Waals surface area contributed by atoms with Gasteiger partial charge in [-0.05, 0) is 142 Å². The Labute approximate surface area is 660 Å². The molecule has 25 aromatic rings. The number of nitrogens with zero attached hydrogens (tertiary/aromatic N) is 4. The summed E-state index contributed by atoms with van der Waals surface area (Å²) < 4.78 is 48.9. The second-order valence-corrected chi connectivity index (χ2v) is 28.5. The molecule has 0 saturated carbocycles. The molecule has 116 heavy (non-hydrogen) atoms. The number of hydrogen-bond donors (Lipinski definition) is 0. The molecule has 0 spiro atoms. The van der Waals surface area contributed by atoms with Gasteiger partial charge in [0, 0.05) is 87.6 Å². The van der Waals surface area contributed by atoms with E-state index in [1.54, 1.807) is 0 Å². The van der Waals surface area contributed by atoms with Gasteiger partial charge in [0.05, 0.1) is 0 Å². The molecular formula is C104H62N4O8. The molecule has 546 valence electrons. The Balaban J connectivity index is 0.0000000940. The Hall–Kier alpha value is -15.9. The van der Waals surface area contributed by atoms with Gasteiger partial charge in [0.2, 0.25) is 23.6 Å². The fraction of sp³-hybridized carbons (Fsp3) is 0. The van der Waals surface area contributed by atoms with E-state index in [4.69, 9.17) is 45.3 Å². The third-order valence-corrected chi connectivity index (χ3v) is 21.5. The molecule has 8 aromatic heterocycles. The first-order valence-corrected chi connectivity index (χ1v) is 38.4. The number of hydrogen-bond acceptors (Lipinski definition) is 12. The van der Waals surface area contributed by atoms with Gasteiger partial charge in [0.1, 0.15) is 66.7 Å². The first-order valence-electron chi connectivity index (χ1n) is 38.4. The number of benzene rings is 17. The van der Waals surface area contributed by atoms with E-state index < -0.39 is 0 Å². The molecule has 0 aliphatic heterocycles. The second-order valence-electron chi connectivity index (χ2n) is 28.5. The van der Waals surface area contributed by atoms with Gasteiger partial charge in [-0.1, -0.05) is 267 Å². The molecule has 17 aromatic carbocycles. The van der Waals surface area contributed by atoms with Crippen molar-refractivity contribution < 1.29 is 35.3 Å². The van der Waals surface area contributed by atoms with Crippen LogP contribution < -0.4 is 0 Å². The van der Waals surface area contributed by atoms with Crippen LogP contribution in [0.1, 0.15) is 0 Å². The van der Waals surface area contributed by atoms with E-state index in [9.17, 15) is 0 Å². The molecule has 0 radical (unpaired) electrons. The monoisotopic (exact) mass is 1490 g/mol.